The molecule has 1 aromatic heterocycles. The average molecular weight is 292 g/mol. The lowest BCUT2D eigenvalue weighted by molar-refractivity contribution is 0.451. The molecular formula is C20H24N2. The molecule has 0 aliphatic rings. The molecular weight excluding hydrogens is 268 g/mol. The quantitative estimate of drug-likeness (QED) is 0.744. The largest absolute Gasteiger partial charge is 0.343 e. The number of hydrogen-bond donors (Lipinski definition) is 1. The second-order valence-corrected chi connectivity index (χ2v) is 6.47. The summed E-state index contributed by atoms with van der Waals surface area (Å²) in [5.41, 5.74) is 10.2. The summed E-state index contributed by atoms with van der Waals surface area (Å²) in [4.78, 5) is 0. The summed E-state index contributed by atoms with van der Waals surface area (Å²) in [5, 5.41) is 1.32. The second-order valence-electron chi connectivity index (χ2n) is 6.47. The Labute approximate surface area is 132 Å². The number of nitrogens with two attached hydrogens (primary N) is 1. The third-order valence-electron chi connectivity index (χ3n) is 4.47. The zero-order valence-electron chi connectivity index (χ0n) is 13.4. The molecule has 22 heavy (non-hydrogen) atoms. The highest BCUT2D eigenvalue weighted by Gasteiger charge is 2.19. The van der Waals surface area contributed by atoms with Crippen LogP contribution in [0, 0.1) is 0 Å². The maximum absolute atomic E-state index is 6.39. The highest BCUT2D eigenvalue weighted by atomic mass is 15.0. The second kappa shape index (κ2) is 5.98. The first-order chi connectivity index (χ1) is 10.6. The summed E-state index contributed by atoms with van der Waals surface area (Å²) in [7, 11) is 0. The van der Waals surface area contributed by atoms with Gasteiger partial charge in [0.05, 0.1) is 0 Å². The van der Waals surface area contributed by atoms with Gasteiger partial charge < -0.3 is 10.3 Å². The van der Waals surface area contributed by atoms with Gasteiger partial charge >= 0.3 is 0 Å². The molecule has 114 valence electrons. The number of benzene rings is 2. The minimum atomic E-state index is -0.151. The van der Waals surface area contributed by atoms with Crippen LogP contribution >= 0.6 is 0 Å². The summed E-state index contributed by atoms with van der Waals surface area (Å²) in [5.74, 6) is 0. The third kappa shape index (κ3) is 3.07. The molecule has 1 unspecified atom stereocenters. The van der Waals surface area contributed by atoms with Crippen LogP contribution in [0.4, 0.5) is 0 Å². The Balaban J connectivity index is 2.01. The van der Waals surface area contributed by atoms with Crippen molar-refractivity contribution >= 4 is 10.9 Å². The minimum Gasteiger partial charge on any atom is -0.343 e. The summed E-state index contributed by atoms with van der Waals surface area (Å²) >= 11 is 0. The van der Waals surface area contributed by atoms with Gasteiger partial charge in [0.15, 0.2) is 0 Å². The van der Waals surface area contributed by atoms with Gasteiger partial charge in [-0.2, -0.15) is 0 Å². The van der Waals surface area contributed by atoms with E-state index in [0.717, 1.165) is 19.4 Å². The van der Waals surface area contributed by atoms with E-state index in [4.69, 9.17) is 5.73 Å². The number of para-hydroxylation sites is 1. The Morgan fingerprint density at radius 2 is 1.68 bits per heavy atom. The molecule has 0 spiro atoms. The standard InChI is InChI=1S/C20H24N2/c1-3-20(2,21)13-17-15-22(14-16-9-5-4-6-10-16)19-12-8-7-11-18(17)19/h4-12,15H,3,13-14,21H2,1-2H3. The predicted molar refractivity (Wildman–Crippen MR) is 94.1 cm³/mol. The van der Waals surface area contributed by atoms with Crippen LogP contribution < -0.4 is 5.73 Å². The molecule has 0 aliphatic carbocycles. The van der Waals surface area contributed by atoms with Crippen LogP contribution in [0.1, 0.15) is 31.4 Å². The first-order valence-corrected chi connectivity index (χ1v) is 7.98. The van der Waals surface area contributed by atoms with Gasteiger partial charge in [0, 0.05) is 29.2 Å². The van der Waals surface area contributed by atoms with Crippen molar-refractivity contribution in [3.05, 3.63) is 71.9 Å². The first kappa shape index (κ1) is 14.9. The van der Waals surface area contributed by atoms with E-state index in [1.807, 2.05) is 0 Å². The van der Waals surface area contributed by atoms with Crippen LogP contribution in [-0.2, 0) is 13.0 Å². The number of rotatable bonds is 5. The molecule has 0 saturated carbocycles. The summed E-state index contributed by atoms with van der Waals surface area (Å²) in [6, 6.07) is 19.2. The lowest BCUT2D eigenvalue weighted by atomic mass is 9.91. The smallest absolute Gasteiger partial charge is 0.0486 e. The van der Waals surface area contributed by atoms with E-state index in [2.05, 4.69) is 79.2 Å². The number of nitrogens with zero attached hydrogens (tertiary/aromatic N) is 1. The molecule has 0 amide bonds. The SMILES string of the molecule is CCC(C)(N)Cc1cn(Cc2ccccc2)c2ccccc12. The lowest BCUT2D eigenvalue weighted by Crippen LogP contribution is -2.37. The normalized spacial score (nSPS) is 14.1. The number of hydrogen-bond acceptors (Lipinski definition) is 1. The maximum Gasteiger partial charge on any atom is 0.0486 e. The molecule has 0 saturated heterocycles. The fourth-order valence-corrected chi connectivity index (χ4v) is 2.93. The zero-order chi connectivity index (χ0) is 15.6. The Kier molecular flexibility index (Phi) is 4.04. The van der Waals surface area contributed by atoms with Gasteiger partial charge in [-0.3, -0.25) is 0 Å². The molecule has 2 nitrogen and oxygen atoms in total. The third-order valence-corrected chi connectivity index (χ3v) is 4.47. The van der Waals surface area contributed by atoms with Gasteiger partial charge in [-0.05, 0) is 37.0 Å². The monoisotopic (exact) mass is 292 g/mol. The van der Waals surface area contributed by atoms with E-state index in [1.54, 1.807) is 0 Å². The van der Waals surface area contributed by atoms with Crippen molar-refractivity contribution in [3.8, 4) is 0 Å². The van der Waals surface area contributed by atoms with Crippen LogP contribution in [0.15, 0.2) is 60.8 Å². The van der Waals surface area contributed by atoms with Crippen LogP contribution in [0.5, 0.6) is 0 Å². The van der Waals surface area contributed by atoms with Crippen LogP contribution in [0.2, 0.25) is 0 Å². The average Bonchev–Trinajstić information content (AvgIpc) is 2.86. The molecule has 0 aliphatic heterocycles. The maximum atomic E-state index is 6.39. The Morgan fingerprint density at radius 3 is 2.41 bits per heavy atom. The van der Waals surface area contributed by atoms with E-state index >= 15 is 0 Å². The van der Waals surface area contributed by atoms with E-state index in [0.29, 0.717) is 0 Å². The molecule has 1 heterocycles. The molecule has 3 rings (SSSR count). The van der Waals surface area contributed by atoms with Crippen LogP contribution in [-0.4, -0.2) is 10.1 Å². The molecule has 2 heteroatoms. The van der Waals surface area contributed by atoms with Gasteiger partial charge in [0.2, 0.25) is 0 Å². The molecule has 3 aromatic rings. The van der Waals surface area contributed by atoms with Crippen molar-refractivity contribution in [2.24, 2.45) is 5.73 Å². The highest BCUT2D eigenvalue weighted by molar-refractivity contribution is 5.84. The van der Waals surface area contributed by atoms with Gasteiger partial charge in [0.25, 0.3) is 0 Å². The van der Waals surface area contributed by atoms with Gasteiger partial charge in [-0.1, -0.05) is 55.5 Å². The van der Waals surface area contributed by atoms with Crippen molar-refractivity contribution in [2.45, 2.75) is 38.8 Å². The highest BCUT2D eigenvalue weighted by Crippen LogP contribution is 2.26. The molecule has 2 N–H and O–H groups in total. The topological polar surface area (TPSA) is 30.9 Å². The first-order valence-electron chi connectivity index (χ1n) is 7.98. The Morgan fingerprint density at radius 1 is 1.00 bits per heavy atom. The van der Waals surface area contributed by atoms with Crippen molar-refractivity contribution in [1.29, 1.82) is 0 Å². The van der Waals surface area contributed by atoms with E-state index in [1.165, 1.54) is 22.0 Å². The molecule has 2 aromatic carbocycles. The summed E-state index contributed by atoms with van der Waals surface area (Å²) in [6.07, 6.45) is 4.16. The van der Waals surface area contributed by atoms with Crippen molar-refractivity contribution in [1.82, 2.24) is 4.57 Å². The van der Waals surface area contributed by atoms with Crippen molar-refractivity contribution in [2.75, 3.05) is 0 Å². The zero-order valence-corrected chi connectivity index (χ0v) is 13.4. The van der Waals surface area contributed by atoms with Gasteiger partial charge in [0.1, 0.15) is 0 Å². The number of fused-ring (bicyclic) bond motifs is 1. The van der Waals surface area contributed by atoms with Crippen LogP contribution in [0.3, 0.4) is 0 Å². The van der Waals surface area contributed by atoms with Crippen molar-refractivity contribution < 1.29 is 0 Å². The molecule has 0 fully saturated rings. The van der Waals surface area contributed by atoms with E-state index in [9.17, 15) is 0 Å². The Bertz CT molecular complexity index is 754. The molecule has 0 radical (unpaired) electrons. The van der Waals surface area contributed by atoms with Crippen LogP contribution in [0.25, 0.3) is 10.9 Å². The fourth-order valence-electron chi connectivity index (χ4n) is 2.93. The fraction of sp³-hybridized carbons (Fsp3) is 0.300. The van der Waals surface area contributed by atoms with E-state index < -0.39 is 0 Å². The lowest BCUT2D eigenvalue weighted by Gasteiger charge is -2.22. The minimum absolute atomic E-state index is 0.151. The predicted octanol–water partition coefficient (Wildman–Crippen LogP) is 4.36. The van der Waals surface area contributed by atoms with Crippen molar-refractivity contribution in [3.63, 3.8) is 0 Å². The van der Waals surface area contributed by atoms with E-state index in [-0.39, 0.29) is 5.54 Å². The summed E-state index contributed by atoms with van der Waals surface area (Å²) < 4.78 is 2.34. The number of aromatic nitrogens is 1. The van der Waals surface area contributed by atoms with Gasteiger partial charge in [-0.25, -0.2) is 0 Å². The van der Waals surface area contributed by atoms with Gasteiger partial charge in [-0.15, -0.1) is 0 Å². The summed E-state index contributed by atoms with van der Waals surface area (Å²) in [6.45, 7) is 5.19. The molecule has 0 bridgehead atoms. The molecule has 1 atom stereocenters. The Hall–Kier alpha value is -2.06.